The molecule has 0 N–H and O–H groups in total. The summed E-state index contributed by atoms with van der Waals surface area (Å²) in [6.45, 7) is 9.27. The van der Waals surface area contributed by atoms with E-state index in [0.717, 1.165) is 44.0 Å². The smallest absolute Gasteiger partial charge is 0.262 e. The van der Waals surface area contributed by atoms with Crippen molar-refractivity contribution in [2.24, 2.45) is 0 Å². The molecule has 8 heteroatoms. The molecular formula is C28H37N3O5. The molecule has 2 aliphatic rings. The Hall–Kier alpha value is -3.23. The molecule has 2 aromatic rings. The molecule has 0 radical (unpaired) electrons. The van der Waals surface area contributed by atoms with E-state index in [9.17, 15) is 4.79 Å². The number of hydrogen-bond donors (Lipinski definition) is 0. The minimum atomic E-state index is -0.419. The molecule has 2 aliphatic heterocycles. The zero-order valence-electron chi connectivity index (χ0n) is 22.2. The molecule has 2 aromatic carbocycles. The SMILES string of the molecule is COc1ccc(N(CCN2CCN(C)CC2)C(=O)c2ccc3c(c2OC)C=CC(C)(C)O3)cc1OC. The number of benzene rings is 2. The number of methoxy groups -OCH3 is 3. The van der Waals surface area contributed by atoms with Gasteiger partial charge in [0.1, 0.15) is 17.1 Å². The summed E-state index contributed by atoms with van der Waals surface area (Å²) in [5.74, 6) is 2.25. The molecule has 194 valence electrons. The van der Waals surface area contributed by atoms with Crippen molar-refractivity contribution >= 4 is 17.7 Å². The van der Waals surface area contributed by atoms with Gasteiger partial charge in [-0.25, -0.2) is 0 Å². The van der Waals surface area contributed by atoms with Gasteiger partial charge in [-0.1, -0.05) is 0 Å². The molecule has 36 heavy (non-hydrogen) atoms. The lowest BCUT2D eigenvalue weighted by atomic mass is 9.99. The van der Waals surface area contributed by atoms with E-state index in [4.69, 9.17) is 18.9 Å². The van der Waals surface area contributed by atoms with Crippen LogP contribution in [0.1, 0.15) is 29.8 Å². The van der Waals surface area contributed by atoms with E-state index in [1.165, 1.54) is 0 Å². The standard InChI is InChI=1S/C28H37N3O5/c1-28(2)12-11-21-23(36-28)10-8-22(26(21)35-6)27(32)31(18-17-30-15-13-29(3)14-16-30)20-7-9-24(33-4)25(19-20)34-5/h7-12,19H,13-18H2,1-6H3. The second-order valence-electron chi connectivity index (χ2n) is 9.74. The van der Waals surface area contributed by atoms with Gasteiger partial charge in [-0.3, -0.25) is 9.69 Å². The highest BCUT2D eigenvalue weighted by molar-refractivity contribution is 6.09. The van der Waals surface area contributed by atoms with Crippen LogP contribution in [0.5, 0.6) is 23.0 Å². The van der Waals surface area contributed by atoms with Gasteiger partial charge in [0.05, 0.1) is 32.5 Å². The van der Waals surface area contributed by atoms with Crippen LogP contribution in [0.25, 0.3) is 6.08 Å². The van der Waals surface area contributed by atoms with Crippen molar-refractivity contribution in [1.82, 2.24) is 9.80 Å². The first-order valence-electron chi connectivity index (χ1n) is 12.3. The number of piperazine rings is 1. The van der Waals surface area contributed by atoms with E-state index in [1.807, 2.05) is 50.3 Å². The Morgan fingerprint density at radius 3 is 2.39 bits per heavy atom. The number of likely N-dealkylation sites (N-methyl/N-ethyl adjacent to an activating group) is 1. The van der Waals surface area contributed by atoms with Crippen molar-refractivity contribution in [1.29, 1.82) is 0 Å². The molecule has 0 saturated carbocycles. The van der Waals surface area contributed by atoms with Crippen molar-refractivity contribution < 1.29 is 23.7 Å². The number of anilines is 1. The summed E-state index contributed by atoms with van der Waals surface area (Å²) >= 11 is 0. The quantitative estimate of drug-likeness (QED) is 0.552. The minimum absolute atomic E-state index is 0.144. The van der Waals surface area contributed by atoms with Gasteiger partial charge >= 0.3 is 0 Å². The first-order chi connectivity index (χ1) is 17.3. The van der Waals surface area contributed by atoms with E-state index in [0.29, 0.717) is 35.1 Å². The van der Waals surface area contributed by atoms with Gasteiger partial charge in [0.25, 0.3) is 5.91 Å². The Kier molecular flexibility index (Phi) is 7.76. The highest BCUT2D eigenvalue weighted by atomic mass is 16.5. The topological polar surface area (TPSA) is 63.7 Å². The molecule has 2 heterocycles. The maximum Gasteiger partial charge on any atom is 0.262 e. The molecule has 8 nitrogen and oxygen atoms in total. The molecule has 0 atom stereocenters. The first kappa shape index (κ1) is 25.9. The van der Waals surface area contributed by atoms with Crippen LogP contribution in [-0.2, 0) is 0 Å². The average Bonchev–Trinajstić information content (AvgIpc) is 2.88. The number of carbonyl (C=O) groups excluding carboxylic acids is 1. The lowest BCUT2D eigenvalue weighted by Crippen LogP contribution is -2.47. The number of ether oxygens (including phenoxy) is 4. The molecule has 1 saturated heterocycles. The predicted molar refractivity (Wildman–Crippen MR) is 142 cm³/mol. The van der Waals surface area contributed by atoms with Gasteiger partial charge in [-0.05, 0) is 57.3 Å². The van der Waals surface area contributed by atoms with Crippen LogP contribution in [0, 0.1) is 0 Å². The Bertz CT molecular complexity index is 1120. The maximum atomic E-state index is 14.1. The Morgan fingerprint density at radius 2 is 1.72 bits per heavy atom. The van der Waals surface area contributed by atoms with Gasteiger partial charge in [0, 0.05) is 51.0 Å². The summed E-state index contributed by atoms with van der Waals surface area (Å²) in [6, 6.07) is 9.20. The lowest BCUT2D eigenvalue weighted by Gasteiger charge is -2.34. The zero-order valence-corrected chi connectivity index (χ0v) is 22.2. The average molecular weight is 496 g/mol. The molecule has 0 aromatic heterocycles. The van der Waals surface area contributed by atoms with Crippen LogP contribution in [-0.4, -0.2) is 89.0 Å². The van der Waals surface area contributed by atoms with Crippen LogP contribution in [0.4, 0.5) is 5.69 Å². The van der Waals surface area contributed by atoms with Crippen molar-refractivity contribution in [3.63, 3.8) is 0 Å². The third kappa shape index (κ3) is 5.44. The van der Waals surface area contributed by atoms with E-state index in [2.05, 4.69) is 16.8 Å². The van der Waals surface area contributed by atoms with Crippen LogP contribution >= 0.6 is 0 Å². The summed E-state index contributed by atoms with van der Waals surface area (Å²) in [6.07, 6.45) is 3.95. The zero-order chi connectivity index (χ0) is 25.9. The highest BCUT2D eigenvalue weighted by Crippen LogP contribution is 2.40. The molecule has 0 unspecified atom stereocenters. The molecular weight excluding hydrogens is 458 g/mol. The first-order valence-corrected chi connectivity index (χ1v) is 12.3. The summed E-state index contributed by atoms with van der Waals surface area (Å²) in [4.78, 5) is 20.6. The fourth-order valence-corrected chi connectivity index (χ4v) is 4.62. The normalized spacial score (nSPS) is 17.2. The molecule has 1 amide bonds. The van der Waals surface area contributed by atoms with Gasteiger partial charge in [-0.2, -0.15) is 0 Å². The minimum Gasteiger partial charge on any atom is -0.495 e. The largest absolute Gasteiger partial charge is 0.495 e. The van der Waals surface area contributed by atoms with Gasteiger partial charge in [0.15, 0.2) is 11.5 Å². The van der Waals surface area contributed by atoms with Gasteiger partial charge in [0.2, 0.25) is 0 Å². The monoisotopic (exact) mass is 495 g/mol. The van der Waals surface area contributed by atoms with Gasteiger partial charge < -0.3 is 28.7 Å². The van der Waals surface area contributed by atoms with Crippen LogP contribution in [0.15, 0.2) is 36.4 Å². The van der Waals surface area contributed by atoms with Crippen molar-refractivity contribution in [2.45, 2.75) is 19.4 Å². The molecule has 0 spiro atoms. The number of nitrogens with zero attached hydrogens (tertiary/aromatic N) is 3. The summed E-state index contributed by atoms with van der Waals surface area (Å²) in [7, 11) is 6.92. The van der Waals surface area contributed by atoms with E-state index >= 15 is 0 Å². The number of fused-ring (bicyclic) bond motifs is 1. The lowest BCUT2D eigenvalue weighted by molar-refractivity contribution is 0.0975. The maximum absolute atomic E-state index is 14.1. The molecule has 0 bridgehead atoms. The van der Waals surface area contributed by atoms with Crippen molar-refractivity contribution in [3.8, 4) is 23.0 Å². The third-order valence-corrected chi connectivity index (χ3v) is 6.77. The predicted octanol–water partition coefficient (Wildman–Crippen LogP) is 3.79. The third-order valence-electron chi connectivity index (χ3n) is 6.77. The Balaban J connectivity index is 1.69. The summed E-state index contributed by atoms with van der Waals surface area (Å²) < 4.78 is 22.8. The Labute approximate surface area is 214 Å². The fourth-order valence-electron chi connectivity index (χ4n) is 4.62. The van der Waals surface area contributed by atoms with Crippen molar-refractivity contribution in [2.75, 3.05) is 72.5 Å². The Morgan fingerprint density at radius 1 is 1.00 bits per heavy atom. The number of amides is 1. The second kappa shape index (κ2) is 10.8. The second-order valence-corrected chi connectivity index (χ2v) is 9.74. The van der Waals surface area contributed by atoms with E-state index in [-0.39, 0.29) is 5.91 Å². The van der Waals surface area contributed by atoms with E-state index in [1.54, 1.807) is 32.3 Å². The molecule has 0 aliphatic carbocycles. The van der Waals surface area contributed by atoms with Crippen LogP contribution in [0.3, 0.4) is 0 Å². The number of carbonyl (C=O) groups is 1. The fraction of sp³-hybridized carbons (Fsp3) is 0.464. The number of rotatable bonds is 8. The summed E-state index contributed by atoms with van der Waals surface area (Å²) in [5.41, 5.74) is 1.57. The highest BCUT2D eigenvalue weighted by Gasteiger charge is 2.29. The van der Waals surface area contributed by atoms with Gasteiger partial charge in [-0.15, -0.1) is 0 Å². The molecule has 4 rings (SSSR count). The van der Waals surface area contributed by atoms with Crippen LogP contribution < -0.4 is 23.8 Å². The summed E-state index contributed by atoms with van der Waals surface area (Å²) in [5, 5.41) is 0. The molecule has 1 fully saturated rings. The number of hydrogen-bond acceptors (Lipinski definition) is 7. The van der Waals surface area contributed by atoms with Crippen molar-refractivity contribution in [3.05, 3.63) is 47.5 Å². The van der Waals surface area contributed by atoms with E-state index < -0.39 is 5.60 Å². The van der Waals surface area contributed by atoms with Crippen LogP contribution in [0.2, 0.25) is 0 Å².